The third kappa shape index (κ3) is 2.80. The molecule has 0 unspecified atom stereocenters. The van der Waals surface area contributed by atoms with E-state index in [9.17, 15) is 4.79 Å². The molecule has 110 valence electrons. The van der Waals surface area contributed by atoms with Gasteiger partial charge in [0.25, 0.3) is 0 Å². The van der Waals surface area contributed by atoms with Crippen molar-refractivity contribution in [3.05, 3.63) is 35.4 Å². The lowest BCUT2D eigenvalue weighted by Crippen LogP contribution is -2.46. The maximum atomic E-state index is 12.7. The summed E-state index contributed by atoms with van der Waals surface area (Å²) in [5, 5.41) is 0. The fraction of sp³-hybridized carbons (Fsp3) is 0.611. The summed E-state index contributed by atoms with van der Waals surface area (Å²) in [4.78, 5) is 15.0. The minimum Gasteiger partial charge on any atom is -0.306 e. The molecular weight excluding hydrogens is 246 g/mol. The largest absolute Gasteiger partial charge is 0.306 e. The van der Waals surface area contributed by atoms with Crippen molar-refractivity contribution in [2.75, 3.05) is 20.1 Å². The Morgan fingerprint density at radius 1 is 1.30 bits per heavy atom. The van der Waals surface area contributed by atoms with Gasteiger partial charge in [0.15, 0.2) is 0 Å². The van der Waals surface area contributed by atoms with E-state index in [1.165, 1.54) is 11.1 Å². The number of carbonyl (C=O) groups is 1. The van der Waals surface area contributed by atoms with Gasteiger partial charge in [0, 0.05) is 6.42 Å². The van der Waals surface area contributed by atoms with Gasteiger partial charge < -0.3 is 4.90 Å². The maximum Gasteiger partial charge on any atom is 0.143 e. The molecule has 0 aromatic heterocycles. The van der Waals surface area contributed by atoms with Gasteiger partial charge in [-0.2, -0.15) is 0 Å². The van der Waals surface area contributed by atoms with Crippen LogP contribution in [0.5, 0.6) is 0 Å². The highest BCUT2D eigenvalue weighted by Gasteiger charge is 2.40. The molecule has 1 aliphatic heterocycles. The van der Waals surface area contributed by atoms with E-state index in [2.05, 4.69) is 50.1 Å². The van der Waals surface area contributed by atoms with Gasteiger partial charge in [-0.25, -0.2) is 0 Å². The van der Waals surface area contributed by atoms with Gasteiger partial charge in [-0.15, -0.1) is 0 Å². The minimum atomic E-state index is -0.244. The van der Waals surface area contributed by atoms with E-state index in [1.54, 1.807) is 0 Å². The lowest BCUT2D eigenvalue weighted by molar-refractivity contribution is -0.126. The van der Waals surface area contributed by atoms with E-state index >= 15 is 0 Å². The molecule has 0 bridgehead atoms. The summed E-state index contributed by atoms with van der Waals surface area (Å²) < 4.78 is 0. The Kier molecular flexibility index (Phi) is 4.64. The zero-order valence-corrected chi connectivity index (χ0v) is 13.3. The summed E-state index contributed by atoms with van der Waals surface area (Å²) in [6.45, 7) is 8.44. The molecule has 1 aliphatic rings. The summed E-state index contributed by atoms with van der Waals surface area (Å²) >= 11 is 0. The Morgan fingerprint density at radius 3 is 2.50 bits per heavy atom. The van der Waals surface area contributed by atoms with Gasteiger partial charge in [-0.1, -0.05) is 45.0 Å². The molecule has 0 N–H and O–H groups in total. The third-order valence-electron chi connectivity index (χ3n) is 4.80. The number of likely N-dealkylation sites (tertiary alicyclic amines) is 1. The first-order valence-electron chi connectivity index (χ1n) is 7.82. The van der Waals surface area contributed by atoms with Crippen LogP contribution < -0.4 is 0 Å². The van der Waals surface area contributed by atoms with Gasteiger partial charge in [0.05, 0.1) is 5.41 Å². The Morgan fingerprint density at radius 2 is 1.95 bits per heavy atom. The van der Waals surface area contributed by atoms with Crippen LogP contribution in [-0.4, -0.2) is 30.8 Å². The predicted octanol–water partition coefficient (Wildman–Crippen LogP) is 3.75. The van der Waals surface area contributed by atoms with E-state index in [4.69, 9.17) is 0 Å². The zero-order valence-electron chi connectivity index (χ0n) is 13.3. The van der Waals surface area contributed by atoms with E-state index in [-0.39, 0.29) is 5.41 Å². The molecule has 0 aliphatic carbocycles. The molecule has 20 heavy (non-hydrogen) atoms. The molecule has 1 fully saturated rings. The highest BCUT2D eigenvalue weighted by molar-refractivity contribution is 5.90. The fourth-order valence-corrected chi connectivity index (χ4v) is 3.26. The number of ketones is 1. The second-order valence-electron chi connectivity index (χ2n) is 6.44. The van der Waals surface area contributed by atoms with Crippen molar-refractivity contribution in [1.82, 2.24) is 4.90 Å². The molecule has 0 spiro atoms. The fourth-order valence-electron chi connectivity index (χ4n) is 3.26. The van der Waals surface area contributed by atoms with E-state index in [0.29, 0.717) is 18.1 Å². The van der Waals surface area contributed by atoms with Gasteiger partial charge in [-0.05, 0) is 50.0 Å². The molecule has 0 amide bonds. The molecule has 2 nitrogen and oxygen atoms in total. The first kappa shape index (κ1) is 15.2. The van der Waals surface area contributed by atoms with Crippen LogP contribution in [0.3, 0.4) is 0 Å². The van der Waals surface area contributed by atoms with Crippen molar-refractivity contribution in [2.45, 2.75) is 51.4 Å². The van der Waals surface area contributed by atoms with Crippen molar-refractivity contribution < 1.29 is 4.79 Å². The van der Waals surface area contributed by atoms with Crippen LogP contribution in [0.25, 0.3) is 0 Å². The number of benzene rings is 1. The molecule has 2 rings (SSSR count). The van der Waals surface area contributed by atoms with Gasteiger partial charge >= 0.3 is 0 Å². The number of nitrogens with zero attached hydrogens (tertiary/aromatic N) is 1. The molecule has 1 aromatic carbocycles. The Labute approximate surface area is 123 Å². The smallest absolute Gasteiger partial charge is 0.143 e. The number of hydrogen-bond donors (Lipinski definition) is 0. The van der Waals surface area contributed by atoms with Crippen LogP contribution in [0.15, 0.2) is 24.3 Å². The monoisotopic (exact) mass is 273 g/mol. The average molecular weight is 273 g/mol. The maximum absolute atomic E-state index is 12.7. The highest BCUT2D eigenvalue weighted by atomic mass is 16.1. The van der Waals surface area contributed by atoms with Gasteiger partial charge in [0.1, 0.15) is 5.78 Å². The number of piperidine rings is 1. The van der Waals surface area contributed by atoms with E-state index < -0.39 is 0 Å². The van der Waals surface area contributed by atoms with Crippen LogP contribution >= 0.6 is 0 Å². The third-order valence-corrected chi connectivity index (χ3v) is 4.80. The molecule has 1 aromatic rings. The number of Topliss-reactive ketones (excluding diaryl/α,β-unsaturated/α-hetero) is 1. The van der Waals surface area contributed by atoms with Crippen LogP contribution in [0.2, 0.25) is 0 Å². The topological polar surface area (TPSA) is 20.3 Å². The van der Waals surface area contributed by atoms with Crippen molar-refractivity contribution >= 4 is 5.78 Å². The highest BCUT2D eigenvalue weighted by Crippen LogP contribution is 2.38. The Bertz CT molecular complexity index is 470. The Hall–Kier alpha value is -1.15. The summed E-state index contributed by atoms with van der Waals surface area (Å²) in [6, 6.07) is 8.72. The molecule has 0 radical (unpaired) electrons. The molecule has 2 heteroatoms. The predicted molar refractivity (Wildman–Crippen MR) is 84.2 cm³/mol. The summed E-state index contributed by atoms with van der Waals surface area (Å²) in [7, 11) is 2.14. The van der Waals surface area contributed by atoms with Crippen molar-refractivity contribution in [2.24, 2.45) is 0 Å². The normalized spacial score (nSPS) is 19.2. The summed E-state index contributed by atoms with van der Waals surface area (Å²) in [5.74, 6) is 0.918. The number of rotatable bonds is 4. The zero-order chi connectivity index (χ0) is 14.8. The summed E-state index contributed by atoms with van der Waals surface area (Å²) in [5.41, 5.74) is 2.33. The second-order valence-corrected chi connectivity index (χ2v) is 6.44. The lowest BCUT2D eigenvalue weighted by atomic mass is 9.68. The summed E-state index contributed by atoms with van der Waals surface area (Å²) in [6.07, 6.45) is 2.55. The SMILES string of the molecule is CCC(=O)C1(c2cccc(C(C)C)c2)CCN(C)CC1. The molecule has 1 saturated heterocycles. The van der Waals surface area contributed by atoms with Crippen molar-refractivity contribution in [3.8, 4) is 0 Å². The van der Waals surface area contributed by atoms with E-state index in [0.717, 1.165) is 25.9 Å². The van der Waals surface area contributed by atoms with E-state index in [1.807, 2.05) is 6.92 Å². The molecule has 1 heterocycles. The average Bonchev–Trinajstić information content (AvgIpc) is 2.47. The molecule has 0 saturated carbocycles. The van der Waals surface area contributed by atoms with Gasteiger partial charge in [-0.3, -0.25) is 4.79 Å². The van der Waals surface area contributed by atoms with Crippen LogP contribution in [-0.2, 0) is 10.2 Å². The molecular formula is C18H27NO. The molecule has 0 atom stereocenters. The second kappa shape index (κ2) is 6.09. The Balaban J connectivity index is 2.41. The first-order chi connectivity index (χ1) is 9.49. The van der Waals surface area contributed by atoms with Crippen LogP contribution in [0.1, 0.15) is 57.1 Å². The van der Waals surface area contributed by atoms with Gasteiger partial charge in [0.2, 0.25) is 0 Å². The first-order valence-corrected chi connectivity index (χ1v) is 7.82. The number of carbonyl (C=O) groups excluding carboxylic acids is 1. The van der Waals surface area contributed by atoms with Crippen molar-refractivity contribution in [1.29, 1.82) is 0 Å². The quantitative estimate of drug-likeness (QED) is 0.832. The number of hydrogen-bond acceptors (Lipinski definition) is 2. The minimum absolute atomic E-state index is 0.244. The van der Waals surface area contributed by atoms with Crippen LogP contribution in [0, 0.1) is 0 Å². The standard InChI is InChI=1S/C18H27NO/c1-5-17(20)18(9-11-19(4)12-10-18)16-8-6-7-15(13-16)14(2)3/h6-8,13-14H,5,9-12H2,1-4H3. The van der Waals surface area contributed by atoms with Crippen LogP contribution in [0.4, 0.5) is 0 Å². The lowest BCUT2D eigenvalue weighted by Gasteiger charge is -2.40. The van der Waals surface area contributed by atoms with Crippen molar-refractivity contribution in [3.63, 3.8) is 0 Å².